The van der Waals surface area contributed by atoms with Gasteiger partial charge in [0, 0.05) is 0 Å². The van der Waals surface area contributed by atoms with Crippen LogP contribution in [0.5, 0.6) is 0 Å². The number of rotatable bonds is 2. The summed E-state index contributed by atoms with van der Waals surface area (Å²) in [5.41, 5.74) is 2.04. The first-order valence-electron chi connectivity index (χ1n) is 5.45. The number of aromatic nitrogens is 4. The second-order valence-corrected chi connectivity index (χ2v) is 3.91. The fourth-order valence-electron chi connectivity index (χ4n) is 1.77. The van der Waals surface area contributed by atoms with Crippen LogP contribution in [0.25, 0.3) is 11.0 Å². The largest absolute Gasteiger partial charge is 0.243 e. The third kappa shape index (κ3) is 1.89. The van der Waals surface area contributed by atoms with E-state index in [9.17, 15) is 0 Å². The van der Waals surface area contributed by atoms with Gasteiger partial charge in [0.25, 0.3) is 0 Å². The van der Waals surface area contributed by atoms with Crippen LogP contribution in [0, 0.1) is 13.1 Å². The Kier molecular flexibility index (Phi) is 2.33. The Morgan fingerprint density at radius 3 is 2.88 bits per heavy atom. The standard InChI is InChI=1S/C13H11N4/c1-10-14-7-12-8-15-17(13(12)16-10)9-11-5-3-2-4-6-11/h2-6,8H,9H2,1H3. The molecule has 3 rings (SSSR count). The van der Waals surface area contributed by atoms with Gasteiger partial charge in [-0.2, -0.15) is 5.10 Å². The molecule has 4 nitrogen and oxygen atoms in total. The lowest BCUT2D eigenvalue weighted by Crippen LogP contribution is -2.03. The summed E-state index contributed by atoms with van der Waals surface area (Å²) in [4.78, 5) is 8.43. The third-order valence-electron chi connectivity index (χ3n) is 2.59. The average molecular weight is 223 g/mol. The predicted molar refractivity (Wildman–Crippen MR) is 64.4 cm³/mol. The molecular weight excluding hydrogens is 212 g/mol. The van der Waals surface area contributed by atoms with E-state index in [0.29, 0.717) is 12.4 Å². The van der Waals surface area contributed by atoms with Gasteiger partial charge in [-0.1, -0.05) is 30.3 Å². The van der Waals surface area contributed by atoms with Crippen molar-refractivity contribution in [2.45, 2.75) is 13.5 Å². The zero-order chi connectivity index (χ0) is 11.7. The van der Waals surface area contributed by atoms with Crippen molar-refractivity contribution < 1.29 is 0 Å². The summed E-state index contributed by atoms with van der Waals surface area (Å²) in [7, 11) is 0. The highest BCUT2D eigenvalue weighted by atomic mass is 15.3. The first-order chi connectivity index (χ1) is 8.33. The summed E-state index contributed by atoms with van der Waals surface area (Å²) >= 11 is 0. The number of nitrogens with zero attached hydrogens (tertiary/aromatic N) is 4. The highest BCUT2D eigenvalue weighted by molar-refractivity contribution is 5.72. The summed E-state index contributed by atoms with van der Waals surface area (Å²) in [6.45, 7) is 2.57. The maximum Gasteiger partial charge on any atom is 0.162 e. The molecule has 1 aromatic carbocycles. The van der Waals surface area contributed by atoms with Crippen molar-refractivity contribution in [3.63, 3.8) is 0 Å². The lowest BCUT2D eigenvalue weighted by atomic mass is 10.2. The number of hydrogen-bond acceptors (Lipinski definition) is 3. The van der Waals surface area contributed by atoms with Crippen molar-refractivity contribution in [2.24, 2.45) is 0 Å². The summed E-state index contributed by atoms with van der Waals surface area (Å²) < 4.78 is 1.87. The number of fused-ring (bicyclic) bond motifs is 1. The Morgan fingerprint density at radius 2 is 2.06 bits per heavy atom. The Balaban J connectivity index is 2.03. The van der Waals surface area contributed by atoms with Crippen LogP contribution in [-0.4, -0.2) is 19.7 Å². The molecule has 0 saturated heterocycles. The normalized spacial score (nSPS) is 10.9. The van der Waals surface area contributed by atoms with E-state index in [0.717, 1.165) is 11.0 Å². The molecule has 17 heavy (non-hydrogen) atoms. The minimum Gasteiger partial charge on any atom is -0.243 e. The maximum absolute atomic E-state index is 4.39. The molecule has 0 spiro atoms. The fourth-order valence-corrected chi connectivity index (χ4v) is 1.77. The average Bonchev–Trinajstić information content (AvgIpc) is 2.73. The number of hydrogen-bond donors (Lipinski definition) is 0. The van der Waals surface area contributed by atoms with E-state index in [-0.39, 0.29) is 0 Å². The first-order valence-corrected chi connectivity index (χ1v) is 5.45. The molecule has 2 heterocycles. The van der Waals surface area contributed by atoms with Gasteiger partial charge in [-0.15, -0.1) is 0 Å². The summed E-state index contributed by atoms with van der Waals surface area (Å²) in [6, 6.07) is 10.2. The molecule has 0 aliphatic carbocycles. The van der Waals surface area contributed by atoms with E-state index in [1.54, 1.807) is 6.20 Å². The van der Waals surface area contributed by atoms with Crippen molar-refractivity contribution in [1.82, 2.24) is 19.7 Å². The highest BCUT2D eigenvalue weighted by Gasteiger charge is 2.05. The van der Waals surface area contributed by atoms with E-state index < -0.39 is 0 Å². The lowest BCUT2D eigenvalue weighted by molar-refractivity contribution is 0.702. The molecule has 0 aliphatic heterocycles. The molecular formula is C13H11N4. The van der Waals surface area contributed by atoms with Gasteiger partial charge in [0.2, 0.25) is 0 Å². The van der Waals surface area contributed by atoms with Gasteiger partial charge in [-0.05, 0) is 12.5 Å². The minimum absolute atomic E-state index is 0.715. The second-order valence-electron chi connectivity index (χ2n) is 3.91. The molecule has 2 aromatic heterocycles. The van der Waals surface area contributed by atoms with Crippen LogP contribution in [-0.2, 0) is 6.54 Å². The monoisotopic (exact) mass is 223 g/mol. The molecule has 0 saturated carbocycles. The molecule has 0 fully saturated rings. The van der Waals surface area contributed by atoms with Gasteiger partial charge in [-0.3, -0.25) is 0 Å². The zero-order valence-corrected chi connectivity index (χ0v) is 9.46. The Labute approximate surface area is 98.9 Å². The zero-order valence-electron chi connectivity index (χ0n) is 9.46. The molecule has 0 amide bonds. The topological polar surface area (TPSA) is 43.6 Å². The van der Waals surface area contributed by atoms with Gasteiger partial charge < -0.3 is 0 Å². The number of benzene rings is 1. The van der Waals surface area contributed by atoms with Crippen LogP contribution in [0.4, 0.5) is 0 Å². The van der Waals surface area contributed by atoms with Crippen LogP contribution in [0.2, 0.25) is 0 Å². The smallest absolute Gasteiger partial charge is 0.162 e. The van der Waals surface area contributed by atoms with E-state index >= 15 is 0 Å². The quantitative estimate of drug-likeness (QED) is 0.667. The Bertz CT molecular complexity index is 643. The van der Waals surface area contributed by atoms with E-state index in [2.05, 4.69) is 33.4 Å². The molecule has 83 valence electrons. The highest BCUT2D eigenvalue weighted by Crippen LogP contribution is 2.11. The SMILES string of the molecule is Cc1n[c]c2cnn(Cc3ccccc3)c2n1. The van der Waals surface area contributed by atoms with Gasteiger partial charge in [0.15, 0.2) is 5.65 Å². The van der Waals surface area contributed by atoms with Crippen molar-refractivity contribution in [1.29, 1.82) is 0 Å². The summed E-state index contributed by atoms with van der Waals surface area (Å²) in [5, 5.41) is 5.17. The molecule has 4 heteroatoms. The molecule has 1 radical (unpaired) electrons. The van der Waals surface area contributed by atoms with Crippen molar-refractivity contribution in [3.8, 4) is 0 Å². The van der Waals surface area contributed by atoms with Crippen molar-refractivity contribution >= 4 is 11.0 Å². The van der Waals surface area contributed by atoms with Gasteiger partial charge >= 0.3 is 0 Å². The van der Waals surface area contributed by atoms with Crippen LogP contribution >= 0.6 is 0 Å². The summed E-state index contributed by atoms with van der Waals surface area (Å²) in [5.74, 6) is 0.715. The minimum atomic E-state index is 0.715. The second kappa shape index (κ2) is 3.97. The molecule has 0 aliphatic rings. The van der Waals surface area contributed by atoms with Crippen LogP contribution in [0.3, 0.4) is 0 Å². The number of aryl methyl sites for hydroxylation is 1. The molecule has 0 atom stereocenters. The maximum atomic E-state index is 4.39. The van der Waals surface area contributed by atoms with E-state index in [1.165, 1.54) is 5.56 Å². The third-order valence-corrected chi connectivity index (χ3v) is 2.59. The molecule has 0 bridgehead atoms. The molecule has 3 aromatic rings. The molecule has 0 N–H and O–H groups in total. The fraction of sp³-hybridized carbons (Fsp3) is 0.154. The van der Waals surface area contributed by atoms with Gasteiger partial charge in [-0.25, -0.2) is 14.6 Å². The summed E-state index contributed by atoms with van der Waals surface area (Å²) in [6.07, 6.45) is 4.68. The van der Waals surface area contributed by atoms with E-state index in [4.69, 9.17) is 0 Å². The Hall–Kier alpha value is -2.23. The van der Waals surface area contributed by atoms with Crippen LogP contribution in [0.15, 0.2) is 36.5 Å². The predicted octanol–water partition coefficient (Wildman–Crippen LogP) is 1.98. The van der Waals surface area contributed by atoms with Crippen LogP contribution < -0.4 is 0 Å². The Morgan fingerprint density at radius 1 is 1.24 bits per heavy atom. The van der Waals surface area contributed by atoms with Crippen LogP contribution in [0.1, 0.15) is 11.4 Å². The van der Waals surface area contributed by atoms with Crippen molar-refractivity contribution in [3.05, 3.63) is 54.1 Å². The first kappa shape index (κ1) is 9.96. The van der Waals surface area contributed by atoms with Gasteiger partial charge in [0.05, 0.1) is 18.1 Å². The van der Waals surface area contributed by atoms with E-state index in [1.807, 2.05) is 29.8 Å². The lowest BCUT2D eigenvalue weighted by Gasteiger charge is -2.02. The van der Waals surface area contributed by atoms with Crippen molar-refractivity contribution in [2.75, 3.05) is 0 Å². The molecule has 0 unspecified atom stereocenters. The van der Waals surface area contributed by atoms with Gasteiger partial charge in [0.1, 0.15) is 12.0 Å².